The third-order valence-corrected chi connectivity index (χ3v) is 1.18. The molecule has 10 heavy (non-hydrogen) atoms. The first-order valence-electron chi connectivity index (χ1n) is 3.40. The van der Waals surface area contributed by atoms with Gasteiger partial charge in [0.1, 0.15) is 0 Å². The van der Waals surface area contributed by atoms with E-state index in [9.17, 15) is 0 Å². The average Bonchev–Trinajstić information content (AvgIpc) is 1.82. The number of nitriles is 1. The van der Waals surface area contributed by atoms with Gasteiger partial charge in [-0.15, -0.1) is 0 Å². The summed E-state index contributed by atoms with van der Waals surface area (Å²) < 4.78 is 0. The molecule has 0 aliphatic heterocycles. The Morgan fingerprint density at radius 1 is 1.70 bits per heavy atom. The summed E-state index contributed by atoms with van der Waals surface area (Å²) in [6, 6.07) is 2.05. The van der Waals surface area contributed by atoms with Gasteiger partial charge in [-0.25, -0.2) is 0 Å². The molecule has 1 N–H and O–H groups in total. The van der Waals surface area contributed by atoms with Gasteiger partial charge in [0.25, 0.3) is 0 Å². The van der Waals surface area contributed by atoms with Crippen molar-refractivity contribution in [1.82, 2.24) is 4.90 Å². The molecule has 0 aromatic heterocycles. The van der Waals surface area contributed by atoms with Gasteiger partial charge < -0.3 is 10.0 Å². The Bertz CT molecular complexity index is 117. The van der Waals surface area contributed by atoms with Gasteiger partial charge in [-0.05, 0) is 14.0 Å². The SMILES string of the molecule is CC(O)CN(C)CCC#N. The minimum atomic E-state index is -0.302. The molecule has 0 fully saturated rings. The fraction of sp³-hybridized carbons (Fsp3) is 0.857. The maximum atomic E-state index is 8.90. The molecule has 0 aromatic rings. The van der Waals surface area contributed by atoms with E-state index in [1.54, 1.807) is 6.92 Å². The second kappa shape index (κ2) is 5.21. The Morgan fingerprint density at radius 3 is 2.70 bits per heavy atom. The zero-order valence-electron chi connectivity index (χ0n) is 6.54. The molecule has 0 saturated carbocycles. The fourth-order valence-corrected chi connectivity index (χ4v) is 0.783. The second-order valence-corrected chi connectivity index (χ2v) is 2.52. The zero-order valence-corrected chi connectivity index (χ0v) is 6.54. The first kappa shape index (κ1) is 9.41. The highest BCUT2D eigenvalue weighted by atomic mass is 16.3. The van der Waals surface area contributed by atoms with Gasteiger partial charge in [0.15, 0.2) is 0 Å². The molecular weight excluding hydrogens is 128 g/mol. The average molecular weight is 142 g/mol. The van der Waals surface area contributed by atoms with Crippen LogP contribution in [0.1, 0.15) is 13.3 Å². The Kier molecular flexibility index (Phi) is 4.91. The number of hydrogen-bond donors (Lipinski definition) is 1. The van der Waals surface area contributed by atoms with Gasteiger partial charge in [0.2, 0.25) is 0 Å². The fourth-order valence-electron chi connectivity index (χ4n) is 0.783. The summed E-state index contributed by atoms with van der Waals surface area (Å²) in [6.45, 7) is 3.12. The number of likely N-dealkylation sites (N-methyl/N-ethyl adjacent to an activating group) is 1. The van der Waals surface area contributed by atoms with Gasteiger partial charge in [0, 0.05) is 19.5 Å². The van der Waals surface area contributed by atoms with Crippen molar-refractivity contribution in [3.05, 3.63) is 0 Å². The number of rotatable bonds is 4. The lowest BCUT2D eigenvalue weighted by molar-refractivity contribution is 0.143. The van der Waals surface area contributed by atoms with Crippen molar-refractivity contribution in [3.8, 4) is 6.07 Å². The van der Waals surface area contributed by atoms with E-state index in [1.165, 1.54) is 0 Å². The Hall–Kier alpha value is -0.590. The molecule has 3 heteroatoms. The standard InChI is InChI=1S/C7H14N2O/c1-7(10)6-9(2)5-3-4-8/h7,10H,3,5-6H2,1-2H3. The Labute approximate surface area is 61.9 Å². The van der Waals surface area contributed by atoms with Crippen LogP contribution in [0, 0.1) is 11.3 Å². The molecule has 0 heterocycles. The van der Waals surface area contributed by atoms with Crippen LogP contribution < -0.4 is 0 Å². The molecule has 1 unspecified atom stereocenters. The van der Waals surface area contributed by atoms with Crippen LogP contribution in [0.5, 0.6) is 0 Å². The van der Waals surface area contributed by atoms with Crippen LogP contribution >= 0.6 is 0 Å². The Morgan fingerprint density at radius 2 is 2.30 bits per heavy atom. The maximum Gasteiger partial charge on any atom is 0.0638 e. The van der Waals surface area contributed by atoms with Crippen molar-refractivity contribution in [1.29, 1.82) is 5.26 Å². The van der Waals surface area contributed by atoms with Crippen molar-refractivity contribution in [2.75, 3.05) is 20.1 Å². The minimum absolute atomic E-state index is 0.302. The zero-order chi connectivity index (χ0) is 7.98. The summed E-state index contributed by atoms with van der Waals surface area (Å²) in [5, 5.41) is 17.1. The lowest BCUT2D eigenvalue weighted by Crippen LogP contribution is -2.27. The van der Waals surface area contributed by atoms with E-state index in [0.717, 1.165) is 6.54 Å². The molecular formula is C7H14N2O. The number of aliphatic hydroxyl groups is 1. The van der Waals surface area contributed by atoms with Crippen molar-refractivity contribution in [2.45, 2.75) is 19.4 Å². The van der Waals surface area contributed by atoms with Gasteiger partial charge in [-0.1, -0.05) is 0 Å². The molecule has 3 nitrogen and oxygen atoms in total. The van der Waals surface area contributed by atoms with E-state index in [0.29, 0.717) is 13.0 Å². The monoisotopic (exact) mass is 142 g/mol. The van der Waals surface area contributed by atoms with Gasteiger partial charge in [-0.2, -0.15) is 5.26 Å². The van der Waals surface area contributed by atoms with Crippen LogP contribution in [-0.2, 0) is 0 Å². The molecule has 0 amide bonds. The molecule has 0 aliphatic carbocycles. The largest absolute Gasteiger partial charge is 0.392 e. The molecule has 1 atom stereocenters. The molecule has 58 valence electrons. The minimum Gasteiger partial charge on any atom is -0.392 e. The molecule has 0 bridgehead atoms. The van der Waals surface area contributed by atoms with Crippen molar-refractivity contribution >= 4 is 0 Å². The molecule has 0 rings (SSSR count). The third kappa shape index (κ3) is 5.54. The normalized spacial score (nSPS) is 13.1. The molecule has 0 aliphatic rings. The summed E-state index contributed by atoms with van der Waals surface area (Å²) in [5.41, 5.74) is 0. The van der Waals surface area contributed by atoms with Gasteiger partial charge in [-0.3, -0.25) is 0 Å². The van der Waals surface area contributed by atoms with E-state index < -0.39 is 0 Å². The molecule has 0 aromatic carbocycles. The van der Waals surface area contributed by atoms with Crippen LogP contribution in [0.2, 0.25) is 0 Å². The lowest BCUT2D eigenvalue weighted by atomic mass is 10.3. The van der Waals surface area contributed by atoms with Crippen LogP contribution in [-0.4, -0.2) is 36.2 Å². The van der Waals surface area contributed by atoms with Gasteiger partial charge in [0.05, 0.1) is 12.2 Å². The predicted octanol–water partition coefficient (Wildman–Crippen LogP) is 0.213. The van der Waals surface area contributed by atoms with E-state index in [1.807, 2.05) is 18.0 Å². The molecule has 0 spiro atoms. The summed E-state index contributed by atoms with van der Waals surface area (Å²) in [4.78, 5) is 1.94. The highest BCUT2D eigenvalue weighted by Crippen LogP contribution is 1.88. The first-order chi connectivity index (χ1) is 4.66. The smallest absolute Gasteiger partial charge is 0.0638 e. The van der Waals surface area contributed by atoms with Crippen LogP contribution in [0.25, 0.3) is 0 Å². The van der Waals surface area contributed by atoms with Crippen molar-refractivity contribution < 1.29 is 5.11 Å². The van der Waals surface area contributed by atoms with Crippen LogP contribution in [0.4, 0.5) is 0 Å². The van der Waals surface area contributed by atoms with Crippen LogP contribution in [0.3, 0.4) is 0 Å². The highest BCUT2D eigenvalue weighted by molar-refractivity contribution is 4.71. The van der Waals surface area contributed by atoms with E-state index in [-0.39, 0.29) is 6.10 Å². The van der Waals surface area contributed by atoms with E-state index in [4.69, 9.17) is 10.4 Å². The quantitative estimate of drug-likeness (QED) is 0.610. The summed E-state index contributed by atoms with van der Waals surface area (Å²) >= 11 is 0. The molecule has 0 radical (unpaired) electrons. The molecule has 0 saturated heterocycles. The van der Waals surface area contributed by atoms with E-state index in [2.05, 4.69) is 0 Å². The predicted molar refractivity (Wildman–Crippen MR) is 39.4 cm³/mol. The second-order valence-electron chi connectivity index (χ2n) is 2.52. The van der Waals surface area contributed by atoms with Gasteiger partial charge >= 0.3 is 0 Å². The van der Waals surface area contributed by atoms with Crippen LogP contribution in [0.15, 0.2) is 0 Å². The van der Waals surface area contributed by atoms with Crippen molar-refractivity contribution in [3.63, 3.8) is 0 Å². The number of aliphatic hydroxyl groups excluding tert-OH is 1. The van der Waals surface area contributed by atoms with E-state index >= 15 is 0 Å². The summed E-state index contributed by atoms with van der Waals surface area (Å²) in [7, 11) is 1.89. The lowest BCUT2D eigenvalue weighted by Gasteiger charge is -2.15. The maximum absolute atomic E-state index is 8.90. The number of nitrogens with zero attached hydrogens (tertiary/aromatic N) is 2. The highest BCUT2D eigenvalue weighted by Gasteiger charge is 2.00. The topological polar surface area (TPSA) is 47.3 Å². The number of hydrogen-bond acceptors (Lipinski definition) is 3. The first-order valence-corrected chi connectivity index (χ1v) is 3.40. The Balaban J connectivity index is 3.27. The summed E-state index contributed by atoms with van der Waals surface area (Å²) in [6.07, 6.45) is 0.229. The van der Waals surface area contributed by atoms with Crippen molar-refractivity contribution in [2.24, 2.45) is 0 Å². The third-order valence-electron chi connectivity index (χ3n) is 1.18. The summed E-state index contributed by atoms with van der Waals surface area (Å²) in [5.74, 6) is 0.